The van der Waals surface area contributed by atoms with Crippen molar-refractivity contribution >= 4 is 11.6 Å². The van der Waals surface area contributed by atoms with Crippen LogP contribution in [0.5, 0.6) is 0 Å². The van der Waals surface area contributed by atoms with Gasteiger partial charge in [-0.25, -0.2) is 5.43 Å². The molecule has 0 saturated heterocycles. The summed E-state index contributed by atoms with van der Waals surface area (Å²) in [4.78, 5) is 0. The van der Waals surface area contributed by atoms with Gasteiger partial charge in [0.15, 0.2) is 0 Å². The molecule has 0 heterocycles. The second kappa shape index (κ2) is 4.88. The number of hydrogen-bond donors (Lipinski definition) is 2. The third-order valence-corrected chi connectivity index (χ3v) is 2.55. The molecule has 1 unspecified atom stereocenters. The van der Waals surface area contributed by atoms with Crippen molar-refractivity contribution in [2.24, 2.45) is 5.84 Å². The van der Waals surface area contributed by atoms with Crippen LogP contribution in [0.15, 0.2) is 24.3 Å². The van der Waals surface area contributed by atoms with Crippen LogP contribution in [0.3, 0.4) is 0 Å². The molecule has 3 N–H and O–H groups in total. The zero-order valence-electron chi connectivity index (χ0n) is 8.31. The lowest BCUT2D eigenvalue weighted by molar-refractivity contribution is 0.0502. The van der Waals surface area contributed by atoms with Gasteiger partial charge in [-0.1, -0.05) is 24.3 Å². The Kier molecular flexibility index (Phi) is 4.02. The van der Waals surface area contributed by atoms with Gasteiger partial charge in [0.1, 0.15) is 6.04 Å². The summed E-state index contributed by atoms with van der Waals surface area (Å²) in [5.74, 6) is 5.04. The summed E-state index contributed by atoms with van der Waals surface area (Å²) in [7, 11) is 0. The van der Waals surface area contributed by atoms with Gasteiger partial charge in [0, 0.05) is 0 Å². The molecule has 1 rings (SSSR count). The van der Waals surface area contributed by atoms with Crippen molar-refractivity contribution in [2.45, 2.75) is 24.8 Å². The van der Waals surface area contributed by atoms with Crippen LogP contribution in [-0.2, 0) is 6.42 Å². The second-order valence-corrected chi connectivity index (χ2v) is 3.90. The fraction of sp³-hybridized carbons (Fsp3) is 0.400. The predicted octanol–water partition coefficient (Wildman–Crippen LogP) is 2.20. The Morgan fingerprint density at radius 3 is 2.53 bits per heavy atom. The van der Waals surface area contributed by atoms with E-state index < -0.39 is 11.4 Å². The first-order valence-electron chi connectivity index (χ1n) is 4.52. The fourth-order valence-electron chi connectivity index (χ4n) is 1.33. The number of hydrogen-bond acceptors (Lipinski definition) is 2. The van der Waals surface area contributed by atoms with E-state index in [4.69, 9.17) is 17.4 Å². The van der Waals surface area contributed by atoms with Crippen molar-refractivity contribution in [3.63, 3.8) is 0 Å². The Bertz CT molecular complexity index is 325. The molecule has 1 aromatic carbocycles. The van der Waals surface area contributed by atoms with Gasteiger partial charge >= 0.3 is 5.38 Å². The van der Waals surface area contributed by atoms with E-state index in [0.29, 0.717) is 0 Å². The van der Waals surface area contributed by atoms with Gasteiger partial charge in [0.25, 0.3) is 0 Å². The summed E-state index contributed by atoms with van der Waals surface area (Å²) < 4.78 is 25.7. The van der Waals surface area contributed by atoms with Gasteiger partial charge in [0.2, 0.25) is 0 Å². The van der Waals surface area contributed by atoms with Gasteiger partial charge in [-0.2, -0.15) is 8.78 Å². The van der Waals surface area contributed by atoms with Gasteiger partial charge < -0.3 is 0 Å². The van der Waals surface area contributed by atoms with E-state index in [2.05, 4.69) is 0 Å². The molecule has 0 fully saturated rings. The molecule has 0 spiro atoms. The highest BCUT2D eigenvalue weighted by atomic mass is 35.5. The molecule has 2 nitrogen and oxygen atoms in total. The largest absolute Gasteiger partial charge is 0.338 e. The van der Waals surface area contributed by atoms with Crippen LogP contribution in [0, 0.1) is 6.92 Å². The van der Waals surface area contributed by atoms with Crippen LogP contribution in [0.2, 0.25) is 0 Å². The maximum Gasteiger partial charge on any atom is 0.338 e. The molecule has 84 valence electrons. The van der Waals surface area contributed by atoms with Crippen molar-refractivity contribution in [2.75, 3.05) is 0 Å². The lowest BCUT2D eigenvalue weighted by Crippen LogP contribution is -2.47. The standard InChI is InChI=1S/C10H13ClF2N2/c1-7-4-2-3-5-8(7)6-9(15-14)10(11,12)13/h2-5,9,15H,6,14H2,1H3. The molecule has 15 heavy (non-hydrogen) atoms. The molecule has 1 aromatic rings. The van der Waals surface area contributed by atoms with Crippen LogP contribution in [-0.4, -0.2) is 11.4 Å². The van der Waals surface area contributed by atoms with E-state index in [9.17, 15) is 8.78 Å². The fourth-order valence-corrected chi connectivity index (χ4v) is 1.47. The zero-order chi connectivity index (χ0) is 11.5. The molecule has 0 aliphatic carbocycles. The van der Waals surface area contributed by atoms with Gasteiger partial charge in [-0.05, 0) is 36.1 Å². The van der Waals surface area contributed by atoms with E-state index in [1.54, 1.807) is 12.1 Å². The summed E-state index contributed by atoms with van der Waals surface area (Å²) in [6.45, 7) is 1.86. The van der Waals surface area contributed by atoms with Crippen molar-refractivity contribution in [1.82, 2.24) is 5.43 Å². The molecule has 5 heteroatoms. The first-order valence-corrected chi connectivity index (χ1v) is 4.90. The van der Waals surface area contributed by atoms with Gasteiger partial charge in [0.05, 0.1) is 0 Å². The maximum absolute atomic E-state index is 12.8. The number of nitrogens with one attached hydrogen (secondary N) is 1. The SMILES string of the molecule is Cc1ccccc1CC(NN)C(F)(F)Cl. The quantitative estimate of drug-likeness (QED) is 0.476. The summed E-state index contributed by atoms with van der Waals surface area (Å²) >= 11 is 4.93. The zero-order valence-corrected chi connectivity index (χ0v) is 9.06. The Hall–Kier alpha value is -0.710. The summed E-state index contributed by atoms with van der Waals surface area (Å²) in [6.07, 6.45) is 0.0969. The summed E-state index contributed by atoms with van der Waals surface area (Å²) in [6, 6.07) is 6.02. The third-order valence-electron chi connectivity index (χ3n) is 2.28. The molecular weight excluding hydrogens is 222 g/mol. The molecule has 0 aliphatic heterocycles. The highest BCUT2D eigenvalue weighted by Crippen LogP contribution is 2.26. The minimum Gasteiger partial charge on any atom is -0.271 e. The van der Waals surface area contributed by atoms with Crippen molar-refractivity contribution in [3.05, 3.63) is 35.4 Å². The van der Waals surface area contributed by atoms with Crippen molar-refractivity contribution in [1.29, 1.82) is 0 Å². The van der Waals surface area contributed by atoms with Gasteiger partial charge in [-0.15, -0.1) is 0 Å². The molecule has 0 amide bonds. The summed E-state index contributed by atoms with van der Waals surface area (Å²) in [5, 5.41) is -3.35. The number of alkyl halides is 3. The van der Waals surface area contributed by atoms with Crippen LogP contribution in [0.1, 0.15) is 11.1 Å². The molecule has 0 bridgehead atoms. The number of nitrogens with two attached hydrogens (primary N) is 1. The van der Waals surface area contributed by atoms with E-state index in [-0.39, 0.29) is 6.42 Å². The van der Waals surface area contributed by atoms with Crippen LogP contribution < -0.4 is 11.3 Å². The van der Waals surface area contributed by atoms with E-state index >= 15 is 0 Å². The minimum absolute atomic E-state index is 0.0969. The monoisotopic (exact) mass is 234 g/mol. The molecule has 0 saturated carbocycles. The average molecular weight is 235 g/mol. The highest BCUT2D eigenvalue weighted by molar-refractivity contribution is 6.22. The van der Waals surface area contributed by atoms with Crippen molar-refractivity contribution in [3.8, 4) is 0 Å². The molecule has 0 aliphatic rings. The van der Waals surface area contributed by atoms with Crippen molar-refractivity contribution < 1.29 is 8.78 Å². The van der Waals surface area contributed by atoms with Crippen LogP contribution in [0.25, 0.3) is 0 Å². The Morgan fingerprint density at radius 2 is 2.07 bits per heavy atom. The number of aryl methyl sites for hydroxylation is 1. The van der Waals surface area contributed by atoms with Crippen LogP contribution >= 0.6 is 11.6 Å². The second-order valence-electron chi connectivity index (χ2n) is 3.39. The van der Waals surface area contributed by atoms with E-state index in [1.807, 2.05) is 24.5 Å². The smallest absolute Gasteiger partial charge is 0.271 e. The number of halogens is 3. The minimum atomic E-state index is -3.35. The topological polar surface area (TPSA) is 38.0 Å². The van der Waals surface area contributed by atoms with E-state index in [1.165, 1.54) is 0 Å². The number of hydrazine groups is 1. The molecule has 0 radical (unpaired) electrons. The van der Waals surface area contributed by atoms with Gasteiger partial charge in [-0.3, -0.25) is 5.84 Å². The third kappa shape index (κ3) is 3.41. The maximum atomic E-state index is 12.8. The highest BCUT2D eigenvalue weighted by Gasteiger charge is 2.36. The normalized spacial score (nSPS) is 13.9. The first-order chi connectivity index (χ1) is 6.95. The molecule has 1 atom stereocenters. The number of rotatable bonds is 4. The molecule has 0 aromatic heterocycles. The van der Waals surface area contributed by atoms with E-state index in [0.717, 1.165) is 11.1 Å². The molecular formula is C10H13ClF2N2. The first kappa shape index (κ1) is 12.4. The predicted molar refractivity (Wildman–Crippen MR) is 56.8 cm³/mol. The Balaban J connectivity index is 2.80. The number of benzene rings is 1. The lowest BCUT2D eigenvalue weighted by Gasteiger charge is -2.21. The Labute approximate surface area is 92.4 Å². The van der Waals surface area contributed by atoms with Crippen LogP contribution in [0.4, 0.5) is 8.78 Å². The lowest BCUT2D eigenvalue weighted by atomic mass is 10.0. The average Bonchev–Trinajstić information content (AvgIpc) is 2.14. The summed E-state index contributed by atoms with van der Waals surface area (Å²) in [5.41, 5.74) is 3.79. The Morgan fingerprint density at radius 1 is 1.47 bits per heavy atom.